The number of aliphatic hydroxyl groups is 1. The van der Waals surface area contributed by atoms with E-state index < -0.39 is 34.9 Å². The van der Waals surface area contributed by atoms with Crippen molar-refractivity contribution in [2.24, 2.45) is 0 Å². The lowest BCUT2D eigenvalue weighted by molar-refractivity contribution is -0.117. The molecule has 202 valence electrons. The molecule has 1 aliphatic heterocycles. The van der Waals surface area contributed by atoms with Gasteiger partial charge in [0.15, 0.2) is 0 Å². The number of amides is 1. The van der Waals surface area contributed by atoms with E-state index in [4.69, 9.17) is 21.1 Å². The number of methoxy groups -OCH3 is 2. The zero-order chi connectivity index (χ0) is 27.7. The van der Waals surface area contributed by atoms with Crippen LogP contribution in [0.4, 0.5) is 10.1 Å². The molecule has 0 radical (unpaired) electrons. The van der Waals surface area contributed by atoms with Gasteiger partial charge in [-0.3, -0.25) is 9.59 Å². The van der Waals surface area contributed by atoms with Crippen LogP contribution in [-0.2, 0) is 16.0 Å². The number of fused-ring (bicyclic) bond motifs is 1. The first-order chi connectivity index (χ1) is 18.1. The fourth-order valence-corrected chi connectivity index (χ4v) is 5.07. The number of benzene rings is 2. The van der Waals surface area contributed by atoms with Gasteiger partial charge in [-0.15, -0.1) is 0 Å². The third-order valence-electron chi connectivity index (χ3n) is 6.98. The molecule has 2 aromatic carbocycles. The van der Waals surface area contributed by atoms with Crippen molar-refractivity contribution in [3.05, 3.63) is 68.2 Å². The Morgan fingerprint density at radius 1 is 1.18 bits per heavy atom. The van der Waals surface area contributed by atoms with Gasteiger partial charge in [-0.1, -0.05) is 11.6 Å². The molecule has 3 aromatic rings. The molecule has 0 bridgehead atoms. The largest absolute Gasteiger partial charge is 0.496 e. The van der Waals surface area contributed by atoms with Crippen LogP contribution in [0.3, 0.4) is 0 Å². The third kappa shape index (κ3) is 4.99. The molecular weight excluding hydrogens is 519 g/mol. The van der Waals surface area contributed by atoms with Gasteiger partial charge in [0.1, 0.15) is 17.1 Å². The summed E-state index contributed by atoms with van der Waals surface area (Å²) in [7, 11) is 2.88. The van der Waals surface area contributed by atoms with E-state index in [-0.39, 0.29) is 34.9 Å². The lowest BCUT2D eigenvalue weighted by Crippen LogP contribution is -2.29. The lowest BCUT2D eigenvalue weighted by atomic mass is 9.99. The number of halogens is 2. The molecular formula is C27H28ClFN2O7. The molecule has 38 heavy (non-hydrogen) atoms. The van der Waals surface area contributed by atoms with Crippen LogP contribution in [0.2, 0.25) is 5.02 Å². The van der Waals surface area contributed by atoms with Crippen molar-refractivity contribution in [1.82, 2.24) is 4.57 Å². The molecule has 0 aliphatic carbocycles. The summed E-state index contributed by atoms with van der Waals surface area (Å²) in [5, 5.41) is 19.7. The number of carbonyl (C=O) groups is 2. The van der Waals surface area contributed by atoms with E-state index in [0.29, 0.717) is 41.9 Å². The highest BCUT2D eigenvalue weighted by Gasteiger charge is 2.26. The van der Waals surface area contributed by atoms with Crippen molar-refractivity contribution in [2.75, 3.05) is 32.3 Å². The standard InChI is InChI=1S/C27H28ClFN2O7/c1-14(37-2)22(13-32)31-12-19(27(35)36)26(34)18-9-15(23(38-3)11-21(18)31)7-16-8-17(10-20(28)25(16)29)30-6-4-5-24(30)33/h8-12,14,22,32H,4-7,13H2,1-3H3,(H,35,36). The van der Waals surface area contributed by atoms with Gasteiger partial charge in [0, 0.05) is 49.8 Å². The summed E-state index contributed by atoms with van der Waals surface area (Å²) >= 11 is 6.18. The molecule has 1 saturated heterocycles. The van der Waals surface area contributed by atoms with Gasteiger partial charge in [-0.25, -0.2) is 9.18 Å². The molecule has 2 N–H and O–H groups in total. The summed E-state index contributed by atoms with van der Waals surface area (Å²) in [4.78, 5) is 38.9. The Balaban J connectivity index is 1.91. The van der Waals surface area contributed by atoms with E-state index in [0.717, 1.165) is 0 Å². The van der Waals surface area contributed by atoms with Crippen LogP contribution < -0.4 is 15.1 Å². The minimum Gasteiger partial charge on any atom is -0.496 e. The summed E-state index contributed by atoms with van der Waals surface area (Å²) in [5.74, 6) is -1.86. The molecule has 2 atom stereocenters. The molecule has 9 nitrogen and oxygen atoms in total. The number of carboxylic acid groups (broad SMARTS) is 1. The average molecular weight is 547 g/mol. The molecule has 0 saturated carbocycles. The minimum atomic E-state index is -1.43. The summed E-state index contributed by atoms with van der Waals surface area (Å²) in [6, 6.07) is 5.26. The van der Waals surface area contributed by atoms with Crippen LogP contribution in [0.15, 0.2) is 35.3 Å². The molecule has 2 heterocycles. The van der Waals surface area contributed by atoms with Gasteiger partial charge in [-0.2, -0.15) is 0 Å². The summed E-state index contributed by atoms with van der Waals surface area (Å²) in [6.45, 7) is 1.83. The van der Waals surface area contributed by atoms with E-state index in [9.17, 15) is 24.6 Å². The zero-order valence-electron chi connectivity index (χ0n) is 21.2. The second kappa shape index (κ2) is 11.1. The van der Waals surface area contributed by atoms with Crippen molar-refractivity contribution < 1.29 is 33.7 Å². The second-order valence-corrected chi connectivity index (χ2v) is 9.59. The zero-order valence-corrected chi connectivity index (χ0v) is 21.9. The number of anilines is 1. The van der Waals surface area contributed by atoms with Gasteiger partial charge in [0.25, 0.3) is 0 Å². The van der Waals surface area contributed by atoms with Gasteiger partial charge >= 0.3 is 5.97 Å². The number of hydrogen-bond acceptors (Lipinski definition) is 6. The van der Waals surface area contributed by atoms with Crippen LogP contribution >= 0.6 is 11.6 Å². The van der Waals surface area contributed by atoms with E-state index in [1.54, 1.807) is 24.0 Å². The van der Waals surface area contributed by atoms with Crippen molar-refractivity contribution >= 4 is 40.1 Å². The molecule has 1 aliphatic rings. The quantitative estimate of drug-likeness (QED) is 0.419. The number of rotatable bonds is 9. The normalized spacial score (nSPS) is 15.2. The number of aromatic carboxylic acids is 1. The Hall–Kier alpha value is -3.47. The number of pyridine rings is 1. The third-order valence-corrected chi connectivity index (χ3v) is 7.25. The predicted molar refractivity (Wildman–Crippen MR) is 140 cm³/mol. The highest BCUT2D eigenvalue weighted by molar-refractivity contribution is 6.31. The molecule has 1 amide bonds. The maximum Gasteiger partial charge on any atom is 0.341 e. The van der Waals surface area contributed by atoms with Crippen LogP contribution in [0.1, 0.15) is 47.3 Å². The molecule has 4 rings (SSSR count). The maximum atomic E-state index is 15.1. The SMILES string of the molecule is COc1cc2c(cc1Cc1cc(N3CCCC3=O)cc(Cl)c1F)c(=O)c(C(=O)O)cn2C(CO)C(C)OC. The van der Waals surface area contributed by atoms with Crippen LogP contribution in [0.25, 0.3) is 10.9 Å². The predicted octanol–water partition coefficient (Wildman–Crippen LogP) is 3.79. The van der Waals surface area contributed by atoms with E-state index in [1.165, 1.54) is 37.1 Å². The molecule has 0 spiro atoms. The Morgan fingerprint density at radius 2 is 1.92 bits per heavy atom. The first-order valence-corrected chi connectivity index (χ1v) is 12.4. The second-order valence-electron chi connectivity index (χ2n) is 9.18. The van der Waals surface area contributed by atoms with Crippen molar-refractivity contribution in [2.45, 2.75) is 38.3 Å². The molecule has 1 fully saturated rings. The van der Waals surface area contributed by atoms with Crippen LogP contribution in [0.5, 0.6) is 5.75 Å². The fraction of sp³-hybridized carbons (Fsp3) is 0.370. The van der Waals surface area contributed by atoms with Crippen molar-refractivity contribution in [1.29, 1.82) is 0 Å². The maximum absolute atomic E-state index is 15.1. The topological polar surface area (TPSA) is 118 Å². The van der Waals surface area contributed by atoms with E-state index >= 15 is 4.39 Å². The molecule has 1 aromatic heterocycles. The van der Waals surface area contributed by atoms with Crippen molar-refractivity contribution in [3.63, 3.8) is 0 Å². The minimum absolute atomic E-state index is 0.0464. The van der Waals surface area contributed by atoms with Gasteiger partial charge in [-0.05, 0) is 42.7 Å². The van der Waals surface area contributed by atoms with Gasteiger partial charge < -0.3 is 29.2 Å². The number of aliphatic hydroxyl groups excluding tert-OH is 1. The Morgan fingerprint density at radius 3 is 2.50 bits per heavy atom. The summed E-state index contributed by atoms with van der Waals surface area (Å²) < 4.78 is 27.5. The first-order valence-electron chi connectivity index (χ1n) is 12.0. The smallest absolute Gasteiger partial charge is 0.341 e. The first kappa shape index (κ1) is 27.6. The van der Waals surface area contributed by atoms with Gasteiger partial charge in [0.2, 0.25) is 11.3 Å². The van der Waals surface area contributed by atoms with E-state index in [1.807, 2.05) is 0 Å². The number of ether oxygens (including phenoxy) is 2. The van der Waals surface area contributed by atoms with Crippen LogP contribution in [0, 0.1) is 5.82 Å². The number of carboxylic acids is 1. The number of hydrogen-bond donors (Lipinski definition) is 2. The average Bonchev–Trinajstić information content (AvgIpc) is 3.33. The van der Waals surface area contributed by atoms with Gasteiger partial charge in [0.05, 0.1) is 36.4 Å². The highest BCUT2D eigenvalue weighted by Crippen LogP contribution is 2.34. The number of aromatic nitrogens is 1. The van der Waals surface area contributed by atoms with Crippen LogP contribution in [-0.4, -0.2) is 60.1 Å². The Bertz CT molecular complexity index is 1470. The number of nitrogens with zero attached hydrogens (tertiary/aromatic N) is 2. The fourth-order valence-electron chi connectivity index (χ4n) is 4.84. The Labute approximate surface area is 223 Å². The lowest BCUT2D eigenvalue weighted by Gasteiger charge is -2.26. The summed E-state index contributed by atoms with van der Waals surface area (Å²) in [5.41, 5.74) is 0.164. The molecule has 2 unspecified atom stereocenters. The van der Waals surface area contributed by atoms with Crippen molar-refractivity contribution in [3.8, 4) is 5.75 Å². The van der Waals surface area contributed by atoms with E-state index in [2.05, 4.69) is 0 Å². The molecule has 11 heteroatoms. The monoisotopic (exact) mass is 546 g/mol. The number of carbonyl (C=O) groups excluding carboxylic acids is 1. The summed E-state index contributed by atoms with van der Waals surface area (Å²) in [6.07, 6.45) is 1.70. The highest BCUT2D eigenvalue weighted by atomic mass is 35.5. The Kier molecular flexibility index (Phi) is 8.05.